The molecule has 0 spiro atoms. The highest BCUT2D eigenvalue weighted by Crippen LogP contribution is 2.53. The van der Waals surface area contributed by atoms with Crippen molar-refractivity contribution in [2.75, 3.05) is 0 Å². The molecular weight excluding hydrogens is 673 g/mol. The van der Waals surface area contributed by atoms with Crippen LogP contribution in [0.3, 0.4) is 0 Å². The normalized spacial score (nSPS) is 19.6. The summed E-state index contributed by atoms with van der Waals surface area (Å²) in [5.74, 6) is 2.51. The molecule has 0 N–H and O–H groups in total. The first-order chi connectivity index (χ1) is 28.5. The van der Waals surface area contributed by atoms with Gasteiger partial charge in [0.15, 0.2) is 0 Å². The summed E-state index contributed by atoms with van der Waals surface area (Å²) in [6, 6.07) is 50.3. The third kappa shape index (κ3) is 5.13. The summed E-state index contributed by atoms with van der Waals surface area (Å²) < 4.78 is 66.0. The Hall–Kier alpha value is -5.64. The summed E-state index contributed by atoms with van der Waals surface area (Å²) in [6.45, 7) is 5.77. The minimum Gasteiger partial charge on any atom is -0.456 e. The Kier molecular flexibility index (Phi) is 6.44. The Morgan fingerprint density at radius 2 is 0.944 bits per heavy atom. The molecule has 2 nitrogen and oxygen atoms in total. The number of hydrogen-bond donors (Lipinski definition) is 0. The zero-order valence-corrected chi connectivity index (χ0v) is 32.3. The van der Waals surface area contributed by atoms with Gasteiger partial charge in [-0.3, -0.25) is 0 Å². The molecule has 0 aliphatic carbocycles. The summed E-state index contributed by atoms with van der Waals surface area (Å²) in [4.78, 5) is 0. The molecule has 0 saturated carbocycles. The van der Waals surface area contributed by atoms with E-state index >= 15 is 0 Å². The molecule has 2 atom stereocenters. The van der Waals surface area contributed by atoms with Crippen molar-refractivity contribution in [2.24, 2.45) is 0 Å². The third-order valence-corrected chi connectivity index (χ3v) is 16.4. The lowest BCUT2D eigenvalue weighted by Gasteiger charge is -2.36. The molecule has 7 aromatic rings. The summed E-state index contributed by atoms with van der Waals surface area (Å²) in [5, 5.41) is 3.30. The van der Waals surface area contributed by atoms with Gasteiger partial charge in [0.05, 0.1) is 0 Å². The van der Waals surface area contributed by atoms with Gasteiger partial charge >= 0.3 is 0 Å². The molecule has 3 heteroatoms. The zero-order chi connectivity index (χ0) is 42.4. The second-order valence-corrected chi connectivity index (χ2v) is 19.6. The maximum Gasteiger partial charge on any atom is 0.145 e. The van der Waals surface area contributed by atoms with Crippen molar-refractivity contribution < 1.29 is 17.7 Å². The fourth-order valence-corrected chi connectivity index (χ4v) is 12.3. The standard InChI is InChI=1S/C51H46O2Si/c1-33-27-29-36(31-40(33)38-19-15-23-44-48(38)52-46-25-13-11-21-42(46)50(44,3)4)54(7,35-17-9-8-10-18-35)37-30-28-34(2)41(32-37)39-20-16-24-45-49(39)53-47-26-14-12-22-43(47)51(45,5)6/h8-32H,1-7H3/i1D3,3D3. The van der Waals surface area contributed by atoms with Crippen LogP contribution in [0.15, 0.2) is 152 Å². The minimum atomic E-state index is -2.94. The Morgan fingerprint density at radius 1 is 0.463 bits per heavy atom. The molecule has 7 aromatic carbocycles. The Bertz CT molecular complexity index is 2830. The van der Waals surface area contributed by atoms with Crippen LogP contribution in [0.4, 0.5) is 0 Å². The molecular formula is C51H46O2Si. The first-order valence-corrected chi connectivity index (χ1v) is 21.1. The lowest BCUT2D eigenvalue weighted by molar-refractivity contribution is 0.419. The van der Waals surface area contributed by atoms with E-state index in [1.807, 2.05) is 54.6 Å². The van der Waals surface area contributed by atoms with Crippen molar-refractivity contribution in [1.82, 2.24) is 0 Å². The molecule has 0 bridgehead atoms. The van der Waals surface area contributed by atoms with Crippen molar-refractivity contribution in [3.63, 3.8) is 0 Å². The van der Waals surface area contributed by atoms with Gasteiger partial charge in [-0.2, -0.15) is 0 Å². The predicted molar refractivity (Wildman–Crippen MR) is 227 cm³/mol. The van der Waals surface area contributed by atoms with Gasteiger partial charge in [0, 0.05) is 52.4 Å². The zero-order valence-electron chi connectivity index (χ0n) is 37.3. The van der Waals surface area contributed by atoms with Gasteiger partial charge < -0.3 is 9.47 Å². The lowest BCUT2D eigenvalue weighted by Crippen LogP contribution is -2.64. The van der Waals surface area contributed by atoms with E-state index in [-0.39, 0.29) is 11.0 Å². The van der Waals surface area contributed by atoms with Crippen LogP contribution in [0.1, 0.15) is 69.2 Å². The highest BCUT2D eigenvalue weighted by atomic mass is 28.3. The van der Waals surface area contributed by atoms with E-state index in [0.29, 0.717) is 33.8 Å². The summed E-state index contributed by atoms with van der Waals surface area (Å²) in [7, 11) is -2.94. The minimum absolute atomic E-state index is 0.169. The average molecular weight is 725 g/mol. The fraction of sp³-hybridized carbons (Fsp3) is 0.176. The van der Waals surface area contributed by atoms with Gasteiger partial charge in [-0.25, -0.2) is 0 Å². The fourth-order valence-electron chi connectivity index (χ4n) is 8.73. The van der Waals surface area contributed by atoms with Crippen LogP contribution in [0, 0.1) is 13.8 Å². The SMILES string of the molecule is [2H]C([2H])([2H])c1ccc([Si](C)(c2ccccc2)c2ccc(C)c(-c3cccc4c3Oc3ccccc3C4(C)C)c2)cc1-c1cccc2c1Oc1ccccc1C2(C)C([2H])([2H])[2H]. The molecule has 2 unspecified atom stereocenters. The molecule has 2 heterocycles. The molecule has 0 radical (unpaired) electrons. The highest BCUT2D eigenvalue weighted by molar-refractivity contribution is 7.10. The van der Waals surface area contributed by atoms with Crippen LogP contribution in [0.2, 0.25) is 6.55 Å². The van der Waals surface area contributed by atoms with Gasteiger partial charge in [0.2, 0.25) is 0 Å². The van der Waals surface area contributed by atoms with E-state index in [2.05, 4.69) is 100 Å². The van der Waals surface area contributed by atoms with Gasteiger partial charge in [-0.15, -0.1) is 0 Å². The van der Waals surface area contributed by atoms with Crippen LogP contribution in [-0.4, -0.2) is 8.07 Å². The summed E-state index contributed by atoms with van der Waals surface area (Å²) in [5.41, 5.74) is 6.05. The number of ether oxygens (including phenoxy) is 2. The van der Waals surface area contributed by atoms with Crippen LogP contribution in [-0.2, 0) is 10.8 Å². The monoisotopic (exact) mass is 724 g/mol. The van der Waals surface area contributed by atoms with E-state index in [0.717, 1.165) is 54.9 Å². The lowest BCUT2D eigenvalue weighted by atomic mass is 9.74. The van der Waals surface area contributed by atoms with Crippen molar-refractivity contribution >= 4 is 23.6 Å². The molecule has 0 aromatic heterocycles. The van der Waals surface area contributed by atoms with Crippen LogP contribution < -0.4 is 25.0 Å². The number of para-hydroxylation sites is 4. The molecule has 0 amide bonds. The van der Waals surface area contributed by atoms with Gasteiger partial charge in [0.25, 0.3) is 0 Å². The molecule has 2 aliphatic heterocycles. The van der Waals surface area contributed by atoms with Gasteiger partial charge in [-0.1, -0.05) is 174 Å². The molecule has 9 rings (SSSR count). The smallest absolute Gasteiger partial charge is 0.145 e. The van der Waals surface area contributed by atoms with Crippen LogP contribution >= 0.6 is 0 Å². The van der Waals surface area contributed by atoms with E-state index in [1.54, 1.807) is 31.2 Å². The molecule has 54 heavy (non-hydrogen) atoms. The van der Waals surface area contributed by atoms with E-state index in [1.165, 1.54) is 0 Å². The summed E-state index contributed by atoms with van der Waals surface area (Å²) >= 11 is 0. The van der Waals surface area contributed by atoms with E-state index < -0.39 is 27.2 Å². The Balaban J connectivity index is 1.26. The van der Waals surface area contributed by atoms with E-state index in [4.69, 9.17) is 17.7 Å². The Morgan fingerprint density at radius 3 is 1.52 bits per heavy atom. The quantitative estimate of drug-likeness (QED) is 0.130. The topological polar surface area (TPSA) is 18.5 Å². The average Bonchev–Trinajstić information content (AvgIpc) is 3.23. The van der Waals surface area contributed by atoms with Gasteiger partial charge in [0.1, 0.15) is 31.1 Å². The van der Waals surface area contributed by atoms with Crippen LogP contribution in [0.25, 0.3) is 22.3 Å². The third-order valence-electron chi connectivity index (χ3n) is 12.0. The largest absolute Gasteiger partial charge is 0.456 e. The second kappa shape index (κ2) is 12.5. The highest BCUT2D eigenvalue weighted by Gasteiger charge is 2.39. The number of benzene rings is 7. The maximum atomic E-state index is 8.79. The van der Waals surface area contributed by atoms with Crippen molar-refractivity contribution in [3.8, 4) is 45.3 Å². The second-order valence-electron chi connectivity index (χ2n) is 15.6. The molecule has 0 fully saturated rings. The summed E-state index contributed by atoms with van der Waals surface area (Å²) in [6.07, 6.45) is 0. The van der Waals surface area contributed by atoms with Crippen molar-refractivity contribution in [3.05, 3.63) is 185 Å². The number of hydrogen-bond acceptors (Lipinski definition) is 2. The van der Waals surface area contributed by atoms with Crippen LogP contribution in [0.5, 0.6) is 23.0 Å². The van der Waals surface area contributed by atoms with E-state index in [9.17, 15) is 0 Å². The van der Waals surface area contributed by atoms with Gasteiger partial charge in [-0.05, 0) is 63.7 Å². The first-order valence-electron chi connectivity index (χ1n) is 21.6. The van der Waals surface area contributed by atoms with Crippen molar-refractivity contribution in [2.45, 2.75) is 58.8 Å². The number of aryl methyl sites for hydroxylation is 2. The predicted octanol–water partition coefficient (Wildman–Crippen LogP) is 11.6. The molecule has 2 aliphatic rings. The number of fused-ring (bicyclic) bond motifs is 4. The molecule has 266 valence electrons. The molecule has 0 saturated heterocycles. The first kappa shape index (κ1) is 27.9. The number of rotatable bonds is 5. The van der Waals surface area contributed by atoms with Crippen molar-refractivity contribution in [1.29, 1.82) is 0 Å². The Labute approximate surface area is 329 Å². The maximum absolute atomic E-state index is 8.79.